The Morgan fingerprint density at radius 3 is 2.44 bits per heavy atom. The molecule has 1 unspecified atom stereocenters. The van der Waals surface area contributed by atoms with Crippen molar-refractivity contribution in [1.82, 2.24) is 5.32 Å². The maximum atomic E-state index is 9.47. The second kappa shape index (κ2) is 6.63. The third-order valence-electron chi connectivity index (χ3n) is 2.00. The average Bonchev–Trinajstić information content (AvgIpc) is 2.26. The van der Waals surface area contributed by atoms with Crippen LogP contribution in [0.4, 0.5) is 0 Å². The van der Waals surface area contributed by atoms with Crippen LogP contribution in [0.25, 0.3) is 0 Å². The molecule has 1 aromatic carbocycles. The van der Waals surface area contributed by atoms with E-state index in [9.17, 15) is 4.79 Å². The Labute approximate surface area is 95.1 Å². The van der Waals surface area contributed by atoms with Gasteiger partial charge in [-0.15, -0.1) is 0 Å². The molecule has 0 spiro atoms. The van der Waals surface area contributed by atoms with Crippen LogP contribution >= 0.6 is 0 Å². The third kappa shape index (κ3) is 4.61. The number of hydrogen-bond acceptors (Lipinski definition) is 3. The molecule has 16 heavy (non-hydrogen) atoms. The van der Waals surface area contributed by atoms with E-state index in [0.29, 0.717) is 0 Å². The van der Waals surface area contributed by atoms with Crippen LogP contribution < -0.4 is 15.8 Å². The van der Waals surface area contributed by atoms with Crippen molar-refractivity contribution in [3.63, 3.8) is 0 Å². The van der Waals surface area contributed by atoms with Crippen molar-refractivity contribution in [1.29, 1.82) is 0 Å². The summed E-state index contributed by atoms with van der Waals surface area (Å²) in [7, 11) is 0. The van der Waals surface area contributed by atoms with Crippen molar-refractivity contribution in [3.8, 4) is 5.75 Å². The summed E-state index contributed by atoms with van der Waals surface area (Å²) in [5.41, 5.74) is 4.53. The molecule has 1 aliphatic rings. The van der Waals surface area contributed by atoms with E-state index in [-0.39, 0.29) is 6.23 Å². The zero-order valence-corrected chi connectivity index (χ0v) is 9.06. The number of benzene rings is 1. The quantitative estimate of drug-likeness (QED) is 0.748. The maximum Gasteiger partial charge on any atom is 0.240 e. The van der Waals surface area contributed by atoms with E-state index in [0.717, 1.165) is 24.8 Å². The minimum Gasteiger partial charge on any atom is -0.475 e. The van der Waals surface area contributed by atoms with Gasteiger partial charge in [0.05, 0.1) is 0 Å². The van der Waals surface area contributed by atoms with E-state index in [2.05, 4.69) is 17.6 Å². The molecule has 4 nitrogen and oxygen atoms in total. The summed E-state index contributed by atoms with van der Waals surface area (Å²) in [5.74, 6) is 0.467. The van der Waals surface area contributed by atoms with Gasteiger partial charge in [-0.2, -0.15) is 0 Å². The minimum atomic E-state index is -0.481. The first-order valence-electron chi connectivity index (χ1n) is 5.09. The molecular weight excluding hydrogens is 204 g/mol. The van der Waals surface area contributed by atoms with Crippen molar-refractivity contribution >= 4 is 5.91 Å². The molecule has 1 aromatic rings. The number of rotatable bonds is 3. The van der Waals surface area contributed by atoms with Gasteiger partial charge in [-0.1, -0.05) is 24.8 Å². The third-order valence-corrected chi connectivity index (χ3v) is 2.00. The first-order chi connectivity index (χ1) is 7.72. The van der Waals surface area contributed by atoms with Crippen molar-refractivity contribution in [3.05, 3.63) is 43.0 Å². The molecule has 0 aromatic heterocycles. The van der Waals surface area contributed by atoms with E-state index in [1.54, 1.807) is 0 Å². The summed E-state index contributed by atoms with van der Waals surface area (Å²) in [4.78, 5) is 9.47. The zero-order chi connectivity index (χ0) is 11.8. The van der Waals surface area contributed by atoms with Crippen LogP contribution in [0.3, 0.4) is 0 Å². The van der Waals surface area contributed by atoms with Crippen LogP contribution in [0, 0.1) is 0 Å². The Morgan fingerprint density at radius 2 is 2.06 bits per heavy atom. The summed E-state index contributed by atoms with van der Waals surface area (Å²) in [5, 5.41) is 3.17. The smallest absolute Gasteiger partial charge is 0.240 e. The number of carbonyl (C=O) groups is 1. The topological polar surface area (TPSA) is 64.4 Å². The molecule has 0 bridgehead atoms. The lowest BCUT2D eigenvalue weighted by Crippen LogP contribution is -2.46. The minimum absolute atomic E-state index is 0.248. The number of primary amides is 1. The fourth-order valence-corrected chi connectivity index (χ4v) is 1.03. The fraction of sp³-hybridized carbons (Fsp3) is 0.250. The molecule has 0 saturated carbocycles. The molecule has 1 fully saturated rings. The predicted molar refractivity (Wildman–Crippen MR) is 62.9 cm³/mol. The summed E-state index contributed by atoms with van der Waals surface area (Å²) in [6.45, 7) is 4.17. The average molecular weight is 220 g/mol. The van der Waals surface area contributed by atoms with Gasteiger partial charge in [0, 0.05) is 13.0 Å². The number of hydrogen-bond donors (Lipinski definition) is 2. The van der Waals surface area contributed by atoms with Crippen molar-refractivity contribution in [2.45, 2.75) is 12.6 Å². The number of ether oxygens (including phenoxy) is 1. The summed E-state index contributed by atoms with van der Waals surface area (Å²) in [6.07, 6.45) is 2.42. The number of amides is 1. The van der Waals surface area contributed by atoms with Gasteiger partial charge in [-0.05, 0) is 18.2 Å². The molecule has 4 heteroatoms. The highest BCUT2D eigenvalue weighted by molar-refractivity contribution is 5.84. The lowest BCUT2D eigenvalue weighted by molar-refractivity contribution is -0.113. The first kappa shape index (κ1) is 12.3. The maximum absolute atomic E-state index is 9.47. The molecule has 1 aliphatic heterocycles. The van der Waals surface area contributed by atoms with E-state index >= 15 is 0 Å². The molecular formula is C12H16N2O2. The Balaban J connectivity index is 0.000000221. The molecule has 2 rings (SSSR count). The van der Waals surface area contributed by atoms with Crippen LogP contribution in [-0.4, -0.2) is 18.7 Å². The van der Waals surface area contributed by atoms with E-state index in [1.165, 1.54) is 0 Å². The lowest BCUT2D eigenvalue weighted by Gasteiger charge is -2.27. The van der Waals surface area contributed by atoms with Crippen LogP contribution in [0.5, 0.6) is 5.75 Å². The Hall–Kier alpha value is -1.81. The number of nitrogens with one attached hydrogen (secondary N) is 1. The van der Waals surface area contributed by atoms with Crippen LogP contribution in [0.2, 0.25) is 0 Å². The second-order valence-corrected chi connectivity index (χ2v) is 3.27. The summed E-state index contributed by atoms with van der Waals surface area (Å²) >= 11 is 0. The normalized spacial score (nSPS) is 17.4. The second-order valence-electron chi connectivity index (χ2n) is 3.27. The Bertz CT molecular complexity index is 334. The van der Waals surface area contributed by atoms with Crippen LogP contribution in [-0.2, 0) is 4.79 Å². The molecule has 1 saturated heterocycles. The molecule has 86 valence electrons. The first-order valence-corrected chi connectivity index (χ1v) is 5.09. The fourth-order valence-electron chi connectivity index (χ4n) is 1.03. The Morgan fingerprint density at radius 1 is 1.50 bits per heavy atom. The molecule has 0 aliphatic carbocycles. The molecule has 0 radical (unpaired) electrons. The highest BCUT2D eigenvalue weighted by Gasteiger charge is 2.16. The molecule has 1 amide bonds. The van der Waals surface area contributed by atoms with E-state index < -0.39 is 5.91 Å². The van der Waals surface area contributed by atoms with Crippen molar-refractivity contribution in [2.75, 3.05) is 6.54 Å². The predicted octanol–water partition coefficient (Wildman–Crippen LogP) is 1.04. The number of nitrogens with two attached hydrogens (primary N) is 1. The van der Waals surface area contributed by atoms with Gasteiger partial charge in [-0.25, -0.2) is 0 Å². The highest BCUT2D eigenvalue weighted by Crippen LogP contribution is 2.13. The van der Waals surface area contributed by atoms with Gasteiger partial charge in [0.15, 0.2) is 6.23 Å². The molecule has 3 N–H and O–H groups in total. The van der Waals surface area contributed by atoms with Gasteiger partial charge < -0.3 is 10.5 Å². The van der Waals surface area contributed by atoms with Crippen LogP contribution in [0.1, 0.15) is 6.42 Å². The Kier molecular flexibility index (Phi) is 5.08. The number of para-hydroxylation sites is 1. The molecule has 1 heterocycles. The summed E-state index contributed by atoms with van der Waals surface area (Å²) in [6, 6.07) is 9.89. The van der Waals surface area contributed by atoms with E-state index in [4.69, 9.17) is 4.74 Å². The zero-order valence-electron chi connectivity index (χ0n) is 9.06. The highest BCUT2D eigenvalue weighted by atomic mass is 16.5. The van der Waals surface area contributed by atoms with Crippen LogP contribution in [0.15, 0.2) is 43.0 Å². The largest absolute Gasteiger partial charge is 0.475 e. The van der Waals surface area contributed by atoms with Gasteiger partial charge in [0.1, 0.15) is 5.75 Å². The number of carbonyl (C=O) groups excluding carboxylic acids is 1. The van der Waals surface area contributed by atoms with Gasteiger partial charge >= 0.3 is 0 Å². The molecule has 1 atom stereocenters. The van der Waals surface area contributed by atoms with Crippen molar-refractivity contribution in [2.24, 2.45) is 5.73 Å². The SMILES string of the molecule is C=CC(N)=O.c1ccc(OC2CCN2)cc1. The standard InChI is InChI=1S/C9H11NO.C3H5NO/c1-2-4-8(5-3-1)11-9-6-7-10-9;1-2-3(4)5/h1-5,9-10H,6-7H2;2H,1H2,(H2,4,5). The van der Waals surface area contributed by atoms with Gasteiger partial charge in [0.2, 0.25) is 5.91 Å². The lowest BCUT2D eigenvalue weighted by atomic mass is 10.2. The van der Waals surface area contributed by atoms with Gasteiger partial charge in [-0.3, -0.25) is 10.1 Å². The van der Waals surface area contributed by atoms with Gasteiger partial charge in [0.25, 0.3) is 0 Å². The van der Waals surface area contributed by atoms with E-state index in [1.807, 2.05) is 30.3 Å². The van der Waals surface area contributed by atoms with Crippen molar-refractivity contribution < 1.29 is 9.53 Å². The monoisotopic (exact) mass is 220 g/mol. The summed E-state index contributed by atoms with van der Waals surface area (Å²) < 4.78 is 5.54.